The predicted molar refractivity (Wildman–Crippen MR) is 131 cm³/mol. The summed E-state index contributed by atoms with van der Waals surface area (Å²) in [4.78, 5) is 32.7. The number of nitrogens with one attached hydrogen (secondary N) is 2. The van der Waals surface area contributed by atoms with Gasteiger partial charge in [-0.15, -0.1) is 0 Å². The van der Waals surface area contributed by atoms with E-state index in [2.05, 4.69) is 15.2 Å². The van der Waals surface area contributed by atoms with Crippen molar-refractivity contribution in [2.45, 2.75) is 25.9 Å². The number of aromatic nitrogens is 1. The Hall–Kier alpha value is -3.52. The molecule has 8 heteroatoms. The lowest BCUT2D eigenvalue weighted by molar-refractivity contribution is -0.137. The van der Waals surface area contributed by atoms with E-state index in [0.717, 1.165) is 46.6 Å². The molecule has 1 unspecified atom stereocenters. The Balaban J connectivity index is 1.41. The summed E-state index contributed by atoms with van der Waals surface area (Å²) >= 11 is 0. The van der Waals surface area contributed by atoms with E-state index in [1.54, 1.807) is 14.2 Å². The van der Waals surface area contributed by atoms with E-state index < -0.39 is 6.04 Å². The molecule has 1 aliphatic rings. The zero-order chi connectivity index (χ0) is 24.1. The maximum atomic E-state index is 13.4. The van der Waals surface area contributed by atoms with Crippen LogP contribution >= 0.6 is 0 Å². The van der Waals surface area contributed by atoms with Crippen molar-refractivity contribution in [3.8, 4) is 11.5 Å². The molecule has 1 aromatic heterocycles. The first-order valence-electron chi connectivity index (χ1n) is 11.5. The van der Waals surface area contributed by atoms with Gasteiger partial charge in [-0.25, -0.2) is 0 Å². The average molecular weight is 465 g/mol. The number of aromatic amines is 1. The minimum absolute atomic E-state index is 0.0425. The van der Waals surface area contributed by atoms with Crippen LogP contribution in [0.2, 0.25) is 0 Å². The highest BCUT2D eigenvalue weighted by atomic mass is 16.5. The van der Waals surface area contributed by atoms with Gasteiger partial charge in [0.25, 0.3) is 0 Å². The zero-order valence-corrected chi connectivity index (χ0v) is 20.0. The fourth-order valence-corrected chi connectivity index (χ4v) is 4.56. The lowest BCUT2D eigenvalue weighted by Gasteiger charge is -2.36. The Morgan fingerprint density at radius 2 is 1.79 bits per heavy atom. The average Bonchev–Trinajstić information content (AvgIpc) is 3.26. The molecular formula is C26H32N4O4. The van der Waals surface area contributed by atoms with Gasteiger partial charge in [-0.2, -0.15) is 0 Å². The third-order valence-corrected chi connectivity index (χ3v) is 6.34. The van der Waals surface area contributed by atoms with Gasteiger partial charge in [-0.05, 0) is 29.8 Å². The van der Waals surface area contributed by atoms with Crippen LogP contribution in [0.15, 0.2) is 48.7 Å². The summed E-state index contributed by atoms with van der Waals surface area (Å²) in [5.74, 6) is 1.37. The molecule has 1 aliphatic heterocycles. The molecule has 0 bridgehead atoms. The number of nitrogens with zero attached hydrogens (tertiary/aromatic N) is 2. The maximum Gasteiger partial charge on any atom is 0.245 e. The van der Waals surface area contributed by atoms with Gasteiger partial charge >= 0.3 is 0 Å². The van der Waals surface area contributed by atoms with Crippen LogP contribution in [0.5, 0.6) is 11.5 Å². The highest BCUT2D eigenvalue weighted by molar-refractivity contribution is 5.89. The van der Waals surface area contributed by atoms with Crippen LogP contribution in [0.1, 0.15) is 18.1 Å². The molecule has 180 valence electrons. The van der Waals surface area contributed by atoms with E-state index in [1.807, 2.05) is 53.6 Å². The Bertz CT molecular complexity index is 1150. The molecule has 2 heterocycles. The van der Waals surface area contributed by atoms with Crippen molar-refractivity contribution in [2.24, 2.45) is 0 Å². The number of ether oxygens (including phenoxy) is 2. The summed E-state index contributed by atoms with van der Waals surface area (Å²) in [7, 11) is 3.32. The number of benzene rings is 2. The third-order valence-electron chi connectivity index (χ3n) is 6.34. The molecule has 3 aromatic rings. The van der Waals surface area contributed by atoms with Gasteiger partial charge in [0.2, 0.25) is 11.8 Å². The number of hydrogen-bond donors (Lipinski definition) is 2. The normalized spacial score (nSPS) is 15.2. The highest BCUT2D eigenvalue weighted by Gasteiger charge is 2.29. The molecule has 4 rings (SSSR count). The monoisotopic (exact) mass is 464 g/mol. The van der Waals surface area contributed by atoms with Crippen molar-refractivity contribution >= 4 is 22.7 Å². The van der Waals surface area contributed by atoms with Crippen LogP contribution in [0.4, 0.5) is 0 Å². The Morgan fingerprint density at radius 3 is 2.50 bits per heavy atom. The SMILES string of the molecule is COc1ccc(OC)c(CN2CCN(C(=O)C(Cc3c[nH]c4ccccc34)NC(C)=O)CC2)c1. The lowest BCUT2D eigenvalue weighted by atomic mass is 10.0. The third kappa shape index (κ3) is 5.34. The van der Waals surface area contributed by atoms with Gasteiger partial charge < -0.3 is 24.7 Å². The van der Waals surface area contributed by atoms with Crippen molar-refractivity contribution in [3.05, 3.63) is 59.8 Å². The molecule has 1 fully saturated rings. The van der Waals surface area contributed by atoms with Crippen molar-refractivity contribution in [1.29, 1.82) is 0 Å². The van der Waals surface area contributed by atoms with Crippen molar-refractivity contribution in [2.75, 3.05) is 40.4 Å². The molecule has 0 aliphatic carbocycles. The van der Waals surface area contributed by atoms with Crippen LogP contribution in [-0.4, -0.2) is 73.0 Å². The lowest BCUT2D eigenvalue weighted by Crippen LogP contribution is -2.55. The first-order valence-corrected chi connectivity index (χ1v) is 11.5. The topological polar surface area (TPSA) is 86.9 Å². The number of carbonyl (C=O) groups is 2. The maximum absolute atomic E-state index is 13.4. The van der Waals surface area contributed by atoms with Crippen LogP contribution < -0.4 is 14.8 Å². The van der Waals surface area contributed by atoms with Gasteiger partial charge in [0.05, 0.1) is 14.2 Å². The first kappa shape index (κ1) is 23.6. The second-order valence-electron chi connectivity index (χ2n) is 8.60. The Labute approximate surface area is 199 Å². The highest BCUT2D eigenvalue weighted by Crippen LogP contribution is 2.26. The second kappa shape index (κ2) is 10.6. The summed E-state index contributed by atoms with van der Waals surface area (Å²) in [6, 6.07) is 13.2. The molecule has 2 amide bonds. The van der Waals surface area contributed by atoms with E-state index in [4.69, 9.17) is 9.47 Å². The quantitative estimate of drug-likeness (QED) is 0.535. The largest absolute Gasteiger partial charge is 0.497 e. The minimum Gasteiger partial charge on any atom is -0.497 e. The molecule has 34 heavy (non-hydrogen) atoms. The standard InChI is InChI=1S/C26H32N4O4/c1-18(31)28-24(15-19-16-27-23-7-5-4-6-22(19)23)26(32)30-12-10-29(11-13-30)17-20-14-21(33-2)8-9-25(20)34-3/h4-9,14,16,24,27H,10-13,15,17H2,1-3H3,(H,28,31). The first-order chi connectivity index (χ1) is 16.5. The molecule has 0 saturated carbocycles. The number of para-hydroxylation sites is 1. The number of H-pyrrole nitrogens is 1. The number of rotatable bonds is 8. The van der Waals surface area contributed by atoms with Crippen LogP contribution in [0.25, 0.3) is 10.9 Å². The molecule has 8 nitrogen and oxygen atoms in total. The number of piperazine rings is 1. The minimum atomic E-state index is -0.596. The number of methoxy groups -OCH3 is 2. The summed E-state index contributed by atoms with van der Waals surface area (Å²) in [5.41, 5.74) is 3.09. The van der Waals surface area contributed by atoms with E-state index in [-0.39, 0.29) is 11.8 Å². The number of amides is 2. The van der Waals surface area contributed by atoms with Gasteiger partial charge in [-0.1, -0.05) is 18.2 Å². The van der Waals surface area contributed by atoms with E-state index in [9.17, 15) is 9.59 Å². The van der Waals surface area contributed by atoms with Crippen molar-refractivity contribution in [1.82, 2.24) is 20.1 Å². The second-order valence-corrected chi connectivity index (χ2v) is 8.60. The molecule has 0 spiro atoms. The molecule has 2 N–H and O–H groups in total. The Morgan fingerprint density at radius 1 is 1.03 bits per heavy atom. The molecule has 2 aromatic carbocycles. The molecular weight excluding hydrogens is 432 g/mol. The van der Waals surface area contributed by atoms with E-state index in [0.29, 0.717) is 26.1 Å². The van der Waals surface area contributed by atoms with E-state index >= 15 is 0 Å². The zero-order valence-electron chi connectivity index (χ0n) is 20.0. The summed E-state index contributed by atoms with van der Waals surface area (Å²) in [6.07, 6.45) is 2.37. The van der Waals surface area contributed by atoms with Gasteiger partial charge in [0, 0.05) is 68.7 Å². The molecule has 0 radical (unpaired) electrons. The number of fused-ring (bicyclic) bond motifs is 1. The van der Waals surface area contributed by atoms with Gasteiger partial charge in [0.15, 0.2) is 0 Å². The van der Waals surface area contributed by atoms with Crippen LogP contribution in [0, 0.1) is 0 Å². The fraction of sp³-hybridized carbons (Fsp3) is 0.385. The van der Waals surface area contributed by atoms with Crippen LogP contribution in [-0.2, 0) is 22.6 Å². The summed E-state index contributed by atoms with van der Waals surface area (Å²) < 4.78 is 10.9. The predicted octanol–water partition coefficient (Wildman–Crippen LogP) is 2.58. The number of carbonyl (C=O) groups excluding carboxylic acids is 2. The van der Waals surface area contributed by atoms with Gasteiger partial charge in [0.1, 0.15) is 17.5 Å². The van der Waals surface area contributed by atoms with Crippen molar-refractivity contribution in [3.63, 3.8) is 0 Å². The number of hydrogen-bond acceptors (Lipinski definition) is 5. The summed E-state index contributed by atoms with van der Waals surface area (Å²) in [6.45, 7) is 4.87. The van der Waals surface area contributed by atoms with Crippen LogP contribution in [0.3, 0.4) is 0 Å². The van der Waals surface area contributed by atoms with Gasteiger partial charge in [-0.3, -0.25) is 14.5 Å². The smallest absolute Gasteiger partial charge is 0.245 e. The van der Waals surface area contributed by atoms with E-state index in [1.165, 1.54) is 6.92 Å². The molecule has 1 atom stereocenters. The van der Waals surface area contributed by atoms with Crippen molar-refractivity contribution < 1.29 is 19.1 Å². The fourth-order valence-electron chi connectivity index (χ4n) is 4.56. The Kier molecular flexibility index (Phi) is 7.37. The summed E-state index contributed by atoms with van der Waals surface area (Å²) in [5, 5.41) is 3.94. The molecule has 1 saturated heterocycles.